The second kappa shape index (κ2) is 6.55. The lowest BCUT2D eigenvalue weighted by Gasteiger charge is -2.15. The van der Waals surface area contributed by atoms with E-state index in [1.165, 1.54) is 17.4 Å². The van der Waals surface area contributed by atoms with Crippen molar-refractivity contribution in [3.63, 3.8) is 0 Å². The van der Waals surface area contributed by atoms with Crippen LogP contribution in [0.5, 0.6) is 0 Å². The number of rotatable bonds is 5. The highest BCUT2D eigenvalue weighted by molar-refractivity contribution is 7.89. The second-order valence-corrected chi connectivity index (χ2v) is 7.15. The Hall–Kier alpha value is -1.77. The SMILES string of the molecule is CC[C@H](NC(=O)c1ccc(S(N)(=O)=O)c(F)c1)c1cccs1. The van der Waals surface area contributed by atoms with Gasteiger partial charge >= 0.3 is 0 Å². The van der Waals surface area contributed by atoms with E-state index in [0.717, 1.165) is 17.0 Å². The van der Waals surface area contributed by atoms with Crippen LogP contribution in [0.25, 0.3) is 0 Å². The van der Waals surface area contributed by atoms with Crippen LogP contribution in [0.1, 0.15) is 34.6 Å². The maximum atomic E-state index is 13.8. The van der Waals surface area contributed by atoms with E-state index < -0.39 is 26.6 Å². The summed E-state index contributed by atoms with van der Waals surface area (Å²) in [5.41, 5.74) is 0.0416. The average Bonchev–Trinajstić information content (AvgIpc) is 2.96. The van der Waals surface area contributed by atoms with Crippen LogP contribution in [-0.2, 0) is 10.0 Å². The highest BCUT2D eigenvalue weighted by Gasteiger charge is 2.19. The highest BCUT2D eigenvalue weighted by atomic mass is 32.2. The highest BCUT2D eigenvalue weighted by Crippen LogP contribution is 2.22. The Morgan fingerprint density at radius 3 is 2.64 bits per heavy atom. The van der Waals surface area contributed by atoms with E-state index in [-0.39, 0.29) is 11.6 Å². The monoisotopic (exact) mass is 342 g/mol. The molecular weight excluding hydrogens is 327 g/mol. The molecule has 0 unspecified atom stereocenters. The number of carbonyl (C=O) groups is 1. The first-order valence-electron chi connectivity index (χ1n) is 6.49. The summed E-state index contributed by atoms with van der Waals surface area (Å²) in [5.74, 6) is -1.51. The van der Waals surface area contributed by atoms with Crippen molar-refractivity contribution in [2.24, 2.45) is 5.14 Å². The van der Waals surface area contributed by atoms with Crippen molar-refractivity contribution in [1.29, 1.82) is 0 Å². The summed E-state index contributed by atoms with van der Waals surface area (Å²) in [5, 5.41) is 9.59. The van der Waals surface area contributed by atoms with Gasteiger partial charge in [0.2, 0.25) is 10.0 Å². The number of hydrogen-bond acceptors (Lipinski definition) is 4. The van der Waals surface area contributed by atoms with Gasteiger partial charge in [-0.1, -0.05) is 13.0 Å². The van der Waals surface area contributed by atoms with E-state index in [1.54, 1.807) is 0 Å². The summed E-state index contributed by atoms with van der Waals surface area (Å²) >= 11 is 1.52. The molecule has 0 fully saturated rings. The van der Waals surface area contributed by atoms with Gasteiger partial charge in [-0.05, 0) is 36.1 Å². The molecule has 118 valence electrons. The number of thiophene rings is 1. The van der Waals surface area contributed by atoms with E-state index >= 15 is 0 Å². The Bertz CT molecular complexity index is 773. The van der Waals surface area contributed by atoms with Gasteiger partial charge in [0.25, 0.3) is 5.91 Å². The molecule has 0 saturated heterocycles. The lowest BCUT2D eigenvalue weighted by Crippen LogP contribution is -2.28. The summed E-state index contributed by atoms with van der Waals surface area (Å²) in [4.78, 5) is 12.5. The van der Waals surface area contributed by atoms with Crippen LogP contribution >= 0.6 is 11.3 Å². The topological polar surface area (TPSA) is 89.3 Å². The molecule has 0 aliphatic rings. The van der Waals surface area contributed by atoms with Crippen molar-refractivity contribution in [3.05, 3.63) is 52.0 Å². The maximum Gasteiger partial charge on any atom is 0.251 e. The van der Waals surface area contributed by atoms with Crippen LogP contribution in [0, 0.1) is 5.82 Å². The van der Waals surface area contributed by atoms with Gasteiger partial charge in [-0.3, -0.25) is 4.79 Å². The number of benzene rings is 1. The summed E-state index contributed by atoms with van der Waals surface area (Å²) < 4.78 is 36.1. The quantitative estimate of drug-likeness (QED) is 0.874. The Balaban J connectivity index is 2.21. The van der Waals surface area contributed by atoms with E-state index in [4.69, 9.17) is 5.14 Å². The van der Waals surface area contributed by atoms with Crippen molar-refractivity contribution >= 4 is 27.3 Å². The number of carbonyl (C=O) groups excluding carboxylic acids is 1. The maximum absolute atomic E-state index is 13.8. The molecule has 1 aromatic heterocycles. The zero-order chi connectivity index (χ0) is 16.3. The van der Waals surface area contributed by atoms with Gasteiger partial charge in [-0.25, -0.2) is 17.9 Å². The summed E-state index contributed by atoms with van der Waals surface area (Å²) in [6, 6.07) is 6.72. The predicted molar refractivity (Wildman–Crippen MR) is 82.6 cm³/mol. The zero-order valence-corrected chi connectivity index (χ0v) is 13.4. The number of sulfonamides is 1. The molecule has 22 heavy (non-hydrogen) atoms. The fraction of sp³-hybridized carbons (Fsp3) is 0.214. The molecular formula is C14H15FN2O3S2. The number of nitrogens with two attached hydrogens (primary N) is 1. The molecule has 0 aliphatic carbocycles. The number of halogens is 1. The van der Waals surface area contributed by atoms with Gasteiger partial charge in [0.05, 0.1) is 6.04 Å². The van der Waals surface area contributed by atoms with Crippen LogP contribution in [0.4, 0.5) is 4.39 Å². The molecule has 0 spiro atoms. The minimum absolute atomic E-state index is 0.0416. The summed E-state index contributed by atoms with van der Waals surface area (Å²) in [6.45, 7) is 1.93. The molecule has 1 atom stereocenters. The van der Waals surface area contributed by atoms with Gasteiger partial charge in [0.15, 0.2) is 0 Å². The van der Waals surface area contributed by atoms with Crippen molar-refractivity contribution in [1.82, 2.24) is 5.32 Å². The Labute approximate surface area is 132 Å². The smallest absolute Gasteiger partial charge is 0.251 e. The van der Waals surface area contributed by atoms with Crippen molar-refractivity contribution in [3.8, 4) is 0 Å². The Morgan fingerprint density at radius 1 is 1.41 bits per heavy atom. The normalized spacial score (nSPS) is 12.9. The van der Waals surface area contributed by atoms with Gasteiger partial charge in [0, 0.05) is 10.4 Å². The van der Waals surface area contributed by atoms with Crippen molar-refractivity contribution in [2.45, 2.75) is 24.3 Å². The molecule has 0 saturated carbocycles. The predicted octanol–water partition coefficient (Wildman–Crippen LogP) is 2.42. The molecule has 2 aromatic rings. The minimum Gasteiger partial charge on any atom is -0.344 e. The van der Waals surface area contributed by atoms with E-state index in [2.05, 4.69) is 5.32 Å². The number of hydrogen-bond donors (Lipinski definition) is 2. The third kappa shape index (κ3) is 3.70. The van der Waals surface area contributed by atoms with E-state index in [9.17, 15) is 17.6 Å². The van der Waals surface area contributed by atoms with Crippen molar-refractivity contribution < 1.29 is 17.6 Å². The lowest BCUT2D eigenvalue weighted by molar-refractivity contribution is 0.0935. The fourth-order valence-electron chi connectivity index (χ4n) is 1.98. The summed E-state index contributed by atoms with van der Waals surface area (Å²) in [6.07, 6.45) is 0.685. The van der Waals surface area contributed by atoms with Crippen LogP contribution < -0.4 is 10.5 Å². The van der Waals surface area contributed by atoms with Crippen LogP contribution in [0.3, 0.4) is 0 Å². The molecule has 1 heterocycles. The zero-order valence-electron chi connectivity index (χ0n) is 11.7. The third-order valence-electron chi connectivity index (χ3n) is 3.10. The second-order valence-electron chi connectivity index (χ2n) is 4.64. The van der Waals surface area contributed by atoms with Gasteiger partial charge in [-0.15, -0.1) is 11.3 Å². The van der Waals surface area contributed by atoms with E-state index in [1.807, 2.05) is 24.4 Å². The van der Waals surface area contributed by atoms with Gasteiger partial charge in [-0.2, -0.15) is 0 Å². The summed E-state index contributed by atoms with van der Waals surface area (Å²) in [7, 11) is -4.14. The fourth-order valence-corrected chi connectivity index (χ4v) is 3.43. The largest absolute Gasteiger partial charge is 0.344 e. The standard InChI is InChI=1S/C14H15FN2O3S2/c1-2-11(12-4-3-7-21-12)17-14(18)9-5-6-13(10(15)8-9)22(16,19)20/h3-8,11H,2H2,1H3,(H,17,18)(H2,16,19,20)/t11-/m0/s1. The molecule has 0 bridgehead atoms. The molecule has 2 rings (SSSR count). The number of amides is 1. The molecule has 3 N–H and O–H groups in total. The first-order valence-corrected chi connectivity index (χ1v) is 8.92. The minimum atomic E-state index is -4.14. The first-order chi connectivity index (χ1) is 10.3. The number of primary sulfonamides is 1. The molecule has 5 nitrogen and oxygen atoms in total. The molecule has 0 radical (unpaired) electrons. The first kappa shape index (κ1) is 16.6. The molecule has 1 aromatic carbocycles. The Morgan fingerprint density at radius 2 is 2.14 bits per heavy atom. The number of nitrogens with one attached hydrogen (secondary N) is 1. The molecule has 1 amide bonds. The average molecular weight is 342 g/mol. The van der Waals surface area contributed by atoms with E-state index in [0.29, 0.717) is 6.42 Å². The Kier molecular flexibility index (Phi) is 4.94. The van der Waals surface area contributed by atoms with Crippen LogP contribution in [0.15, 0.2) is 40.6 Å². The third-order valence-corrected chi connectivity index (χ3v) is 5.03. The van der Waals surface area contributed by atoms with Crippen LogP contribution in [0.2, 0.25) is 0 Å². The molecule has 0 aliphatic heterocycles. The van der Waals surface area contributed by atoms with Gasteiger partial charge in [0.1, 0.15) is 10.7 Å². The van der Waals surface area contributed by atoms with Crippen molar-refractivity contribution in [2.75, 3.05) is 0 Å². The van der Waals surface area contributed by atoms with Gasteiger partial charge < -0.3 is 5.32 Å². The molecule has 8 heteroatoms. The lowest BCUT2D eigenvalue weighted by atomic mass is 10.1. The van der Waals surface area contributed by atoms with Crippen LogP contribution in [-0.4, -0.2) is 14.3 Å².